The maximum absolute atomic E-state index is 4.18. The van der Waals surface area contributed by atoms with E-state index in [2.05, 4.69) is 42.0 Å². The van der Waals surface area contributed by atoms with E-state index >= 15 is 0 Å². The lowest BCUT2D eigenvalue weighted by Crippen LogP contribution is -2.38. The second-order valence-corrected chi connectivity index (χ2v) is 6.17. The summed E-state index contributed by atoms with van der Waals surface area (Å²) >= 11 is 0. The van der Waals surface area contributed by atoms with Crippen LogP contribution in [0.3, 0.4) is 0 Å². The molecule has 0 saturated carbocycles. The number of nitrogens with zero attached hydrogens (tertiary/aromatic N) is 2. The topological polar surface area (TPSA) is 28.2 Å². The maximum atomic E-state index is 4.18. The Kier molecular flexibility index (Phi) is 5.34. The molecule has 1 atom stereocenters. The summed E-state index contributed by atoms with van der Waals surface area (Å²) in [6.07, 6.45) is 6.39. The smallest absolute Gasteiger partial charge is 0.0300 e. The number of rotatable bonds is 4. The number of aryl methyl sites for hydroxylation is 1. The van der Waals surface area contributed by atoms with Crippen molar-refractivity contribution in [3.8, 4) is 0 Å². The van der Waals surface area contributed by atoms with Gasteiger partial charge in [0.05, 0.1) is 0 Å². The van der Waals surface area contributed by atoms with Gasteiger partial charge in [-0.05, 0) is 56.0 Å². The van der Waals surface area contributed by atoms with Crippen LogP contribution < -0.4 is 5.32 Å². The zero-order valence-electron chi connectivity index (χ0n) is 12.5. The Balaban J connectivity index is 1.97. The molecule has 3 heteroatoms. The Morgan fingerprint density at radius 3 is 3.05 bits per heavy atom. The van der Waals surface area contributed by atoms with Crippen molar-refractivity contribution in [2.24, 2.45) is 5.92 Å². The Hall–Kier alpha value is -0.930. The van der Waals surface area contributed by atoms with Crippen molar-refractivity contribution in [1.29, 1.82) is 0 Å². The average Bonchev–Trinajstić information content (AvgIpc) is 2.57. The van der Waals surface area contributed by atoms with Gasteiger partial charge in [-0.25, -0.2) is 0 Å². The first kappa shape index (κ1) is 14.5. The Morgan fingerprint density at radius 2 is 2.32 bits per heavy atom. The van der Waals surface area contributed by atoms with Gasteiger partial charge in [-0.1, -0.05) is 13.8 Å². The third-order valence-electron chi connectivity index (χ3n) is 3.85. The second kappa shape index (κ2) is 7.01. The van der Waals surface area contributed by atoms with Crippen LogP contribution in [0.25, 0.3) is 0 Å². The molecule has 1 aromatic heterocycles. The molecular formula is C16H27N3. The average molecular weight is 261 g/mol. The van der Waals surface area contributed by atoms with Gasteiger partial charge in [-0.2, -0.15) is 0 Å². The van der Waals surface area contributed by atoms with Crippen LogP contribution in [0.2, 0.25) is 0 Å². The summed E-state index contributed by atoms with van der Waals surface area (Å²) < 4.78 is 0. The lowest BCUT2D eigenvalue weighted by molar-refractivity contribution is 0.247. The monoisotopic (exact) mass is 261 g/mol. The number of nitrogens with one attached hydrogen (secondary N) is 1. The molecule has 1 fully saturated rings. The van der Waals surface area contributed by atoms with E-state index in [-0.39, 0.29) is 0 Å². The fourth-order valence-electron chi connectivity index (χ4n) is 2.87. The van der Waals surface area contributed by atoms with Crippen molar-refractivity contribution in [2.45, 2.75) is 46.2 Å². The Morgan fingerprint density at radius 1 is 1.47 bits per heavy atom. The molecule has 0 bridgehead atoms. The van der Waals surface area contributed by atoms with Gasteiger partial charge in [0.25, 0.3) is 0 Å². The predicted molar refractivity (Wildman–Crippen MR) is 80.1 cm³/mol. The van der Waals surface area contributed by atoms with Crippen LogP contribution in [0.15, 0.2) is 18.5 Å². The molecule has 0 amide bonds. The second-order valence-electron chi connectivity index (χ2n) is 6.17. The van der Waals surface area contributed by atoms with E-state index in [1.165, 1.54) is 37.1 Å². The van der Waals surface area contributed by atoms with Crippen molar-refractivity contribution in [2.75, 3.05) is 19.6 Å². The minimum Gasteiger partial charge on any atom is -0.313 e. The van der Waals surface area contributed by atoms with Crippen LogP contribution in [0.4, 0.5) is 0 Å². The number of aromatic nitrogens is 1. The third-order valence-corrected chi connectivity index (χ3v) is 3.85. The molecule has 0 radical (unpaired) electrons. The van der Waals surface area contributed by atoms with Gasteiger partial charge in [-0.3, -0.25) is 9.88 Å². The lowest BCUT2D eigenvalue weighted by atomic mass is 10.0. The van der Waals surface area contributed by atoms with Crippen molar-refractivity contribution in [3.63, 3.8) is 0 Å². The lowest BCUT2D eigenvalue weighted by Gasteiger charge is -2.26. The Labute approximate surface area is 117 Å². The molecule has 19 heavy (non-hydrogen) atoms. The summed E-state index contributed by atoms with van der Waals surface area (Å²) in [6, 6.07) is 2.80. The first-order valence-corrected chi connectivity index (χ1v) is 7.50. The van der Waals surface area contributed by atoms with E-state index in [0.29, 0.717) is 6.04 Å². The molecule has 1 N–H and O–H groups in total. The maximum Gasteiger partial charge on any atom is 0.0300 e. The van der Waals surface area contributed by atoms with Gasteiger partial charge < -0.3 is 5.32 Å². The molecule has 1 aliphatic rings. The van der Waals surface area contributed by atoms with E-state index in [4.69, 9.17) is 0 Å². The highest BCUT2D eigenvalue weighted by Gasteiger charge is 2.18. The molecular weight excluding hydrogens is 234 g/mol. The standard InChI is InChI=1S/C16H27N3/c1-13(2)9-16-12-19(8-4-6-18-16)11-15-5-7-17-10-14(15)3/h5,7,10,13,16,18H,4,6,8-9,11-12H2,1-3H3. The van der Waals surface area contributed by atoms with E-state index in [1.54, 1.807) is 0 Å². The highest BCUT2D eigenvalue weighted by Crippen LogP contribution is 2.14. The van der Waals surface area contributed by atoms with Crippen molar-refractivity contribution in [1.82, 2.24) is 15.2 Å². The number of hydrogen-bond acceptors (Lipinski definition) is 3. The molecule has 1 aliphatic heterocycles. The zero-order valence-corrected chi connectivity index (χ0v) is 12.5. The first-order valence-electron chi connectivity index (χ1n) is 7.50. The van der Waals surface area contributed by atoms with Gasteiger partial charge in [0.1, 0.15) is 0 Å². The third kappa shape index (κ3) is 4.59. The van der Waals surface area contributed by atoms with Crippen LogP contribution >= 0.6 is 0 Å². The van der Waals surface area contributed by atoms with E-state index in [0.717, 1.165) is 19.0 Å². The fourth-order valence-corrected chi connectivity index (χ4v) is 2.87. The predicted octanol–water partition coefficient (Wildman–Crippen LogP) is 2.60. The highest BCUT2D eigenvalue weighted by atomic mass is 15.2. The molecule has 2 heterocycles. The molecule has 1 unspecified atom stereocenters. The van der Waals surface area contributed by atoms with Crippen molar-refractivity contribution >= 4 is 0 Å². The summed E-state index contributed by atoms with van der Waals surface area (Å²) in [5.74, 6) is 0.764. The van der Waals surface area contributed by atoms with Crippen LogP contribution in [0, 0.1) is 12.8 Å². The molecule has 1 aromatic rings. The van der Waals surface area contributed by atoms with Gasteiger partial charge in [0, 0.05) is 31.5 Å². The minimum absolute atomic E-state index is 0.643. The zero-order chi connectivity index (χ0) is 13.7. The normalized spacial score (nSPS) is 21.6. The molecule has 106 valence electrons. The van der Waals surface area contributed by atoms with Gasteiger partial charge >= 0.3 is 0 Å². The SMILES string of the molecule is Cc1cnccc1CN1CCCNC(CC(C)C)C1. The number of hydrogen-bond donors (Lipinski definition) is 1. The quantitative estimate of drug-likeness (QED) is 0.903. The van der Waals surface area contributed by atoms with E-state index in [9.17, 15) is 0 Å². The summed E-state index contributed by atoms with van der Waals surface area (Å²) in [7, 11) is 0. The summed E-state index contributed by atoms with van der Waals surface area (Å²) in [5.41, 5.74) is 2.72. The van der Waals surface area contributed by atoms with Gasteiger partial charge in [0.15, 0.2) is 0 Å². The molecule has 3 nitrogen and oxygen atoms in total. The van der Waals surface area contributed by atoms with Crippen LogP contribution in [-0.2, 0) is 6.54 Å². The molecule has 0 aromatic carbocycles. The highest BCUT2D eigenvalue weighted by molar-refractivity contribution is 5.21. The molecule has 0 aliphatic carbocycles. The molecule has 1 saturated heterocycles. The molecule has 2 rings (SSSR count). The van der Waals surface area contributed by atoms with Crippen molar-refractivity contribution in [3.05, 3.63) is 29.6 Å². The van der Waals surface area contributed by atoms with E-state index < -0.39 is 0 Å². The Bertz CT molecular complexity index is 389. The number of pyridine rings is 1. The fraction of sp³-hybridized carbons (Fsp3) is 0.688. The van der Waals surface area contributed by atoms with E-state index in [1.807, 2.05) is 12.4 Å². The first-order chi connectivity index (χ1) is 9.15. The van der Waals surface area contributed by atoms with Gasteiger partial charge in [-0.15, -0.1) is 0 Å². The minimum atomic E-state index is 0.643. The summed E-state index contributed by atoms with van der Waals surface area (Å²) in [4.78, 5) is 6.77. The van der Waals surface area contributed by atoms with Gasteiger partial charge in [0.2, 0.25) is 0 Å². The van der Waals surface area contributed by atoms with Crippen LogP contribution in [0.1, 0.15) is 37.8 Å². The summed E-state index contributed by atoms with van der Waals surface area (Å²) in [5, 5.41) is 3.69. The van der Waals surface area contributed by atoms with Crippen molar-refractivity contribution < 1.29 is 0 Å². The largest absolute Gasteiger partial charge is 0.313 e. The molecule has 0 spiro atoms. The summed E-state index contributed by atoms with van der Waals surface area (Å²) in [6.45, 7) is 11.4. The van der Waals surface area contributed by atoms with Crippen LogP contribution in [0.5, 0.6) is 0 Å². The van der Waals surface area contributed by atoms with Crippen LogP contribution in [-0.4, -0.2) is 35.6 Å².